The van der Waals surface area contributed by atoms with E-state index >= 15 is 0 Å². The minimum absolute atomic E-state index is 0.213. The first-order chi connectivity index (χ1) is 12.8. The minimum Gasteiger partial charge on any atom is -0.497 e. The van der Waals surface area contributed by atoms with E-state index in [0.29, 0.717) is 11.4 Å². The van der Waals surface area contributed by atoms with Gasteiger partial charge < -0.3 is 9.47 Å². The van der Waals surface area contributed by atoms with Gasteiger partial charge in [0.15, 0.2) is 0 Å². The lowest BCUT2D eigenvalue weighted by Crippen LogP contribution is -2.39. The number of aromatic nitrogens is 1. The summed E-state index contributed by atoms with van der Waals surface area (Å²) in [6.07, 6.45) is 3.95. The van der Waals surface area contributed by atoms with Crippen LogP contribution in [0.4, 0.5) is 5.69 Å². The largest absolute Gasteiger partial charge is 0.497 e. The Balaban J connectivity index is 2.18. The minimum atomic E-state index is -3.75. The van der Waals surface area contributed by atoms with E-state index < -0.39 is 22.5 Å². The van der Waals surface area contributed by atoms with Crippen LogP contribution in [-0.2, 0) is 14.8 Å². The van der Waals surface area contributed by atoms with Crippen molar-refractivity contribution in [2.75, 3.05) is 31.3 Å². The molecule has 0 aliphatic rings. The van der Waals surface area contributed by atoms with E-state index in [1.165, 1.54) is 32.6 Å². The Morgan fingerprint density at radius 1 is 1.26 bits per heavy atom. The standard InChI is InChI=1S/C17H20N4O5S/c1-25-14-7-8-15(16(10-14)26-2)21(27(3,23)24)12-17(22)20-19-11-13-6-4-5-9-18-13/h4-11H,12H2,1-3H3,(H,20,22)/b19-11-. The zero-order chi connectivity index (χ0) is 19.9. The Morgan fingerprint density at radius 3 is 2.63 bits per heavy atom. The van der Waals surface area contributed by atoms with Gasteiger partial charge in [-0.25, -0.2) is 13.8 Å². The van der Waals surface area contributed by atoms with Crippen molar-refractivity contribution < 1.29 is 22.7 Å². The summed E-state index contributed by atoms with van der Waals surface area (Å²) in [5.74, 6) is 0.128. The molecule has 1 N–H and O–H groups in total. The topological polar surface area (TPSA) is 110 Å². The van der Waals surface area contributed by atoms with Crippen molar-refractivity contribution in [1.29, 1.82) is 0 Å². The molecule has 2 aromatic rings. The number of carbonyl (C=O) groups excluding carboxylic acids is 1. The number of carbonyl (C=O) groups is 1. The first kappa shape index (κ1) is 20.2. The molecule has 9 nitrogen and oxygen atoms in total. The van der Waals surface area contributed by atoms with Gasteiger partial charge in [-0.05, 0) is 24.3 Å². The van der Waals surface area contributed by atoms with Gasteiger partial charge in [-0.3, -0.25) is 14.1 Å². The summed E-state index contributed by atoms with van der Waals surface area (Å²) in [5, 5.41) is 3.78. The molecule has 2 rings (SSSR count). The molecular formula is C17H20N4O5S. The van der Waals surface area contributed by atoms with Gasteiger partial charge in [0, 0.05) is 12.3 Å². The Bertz CT molecular complexity index is 916. The second kappa shape index (κ2) is 8.99. The third-order valence-corrected chi connectivity index (χ3v) is 4.54. The molecule has 27 heavy (non-hydrogen) atoms. The van der Waals surface area contributed by atoms with Crippen molar-refractivity contribution in [2.45, 2.75) is 0 Å². The number of pyridine rings is 1. The highest BCUT2D eigenvalue weighted by Crippen LogP contribution is 2.33. The van der Waals surface area contributed by atoms with Gasteiger partial charge >= 0.3 is 0 Å². The summed E-state index contributed by atoms with van der Waals surface area (Å²) in [6.45, 7) is -0.471. The monoisotopic (exact) mass is 392 g/mol. The molecule has 1 amide bonds. The maximum absolute atomic E-state index is 12.2. The number of methoxy groups -OCH3 is 2. The molecular weight excluding hydrogens is 372 g/mol. The number of ether oxygens (including phenoxy) is 2. The molecule has 0 fully saturated rings. The highest BCUT2D eigenvalue weighted by Gasteiger charge is 2.24. The van der Waals surface area contributed by atoms with Gasteiger partial charge in [-0.1, -0.05) is 6.07 Å². The number of sulfonamides is 1. The predicted molar refractivity (Wildman–Crippen MR) is 102 cm³/mol. The molecule has 1 aromatic carbocycles. The Labute approximate surface area is 157 Å². The Hall–Kier alpha value is -3.14. The lowest BCUT2D eigenvalue weighted by atomic mass is 10.2. The molecule has 0 bridgehead atoms. The van der Waals surface area contributed by atoms with Crippen molar-refractivity contribution in [3.05, 3.63) is 48.3 Å². The fourth-order valence-corrected chi connectivity index (χ4v) is 3.02. The van der Waals surface area contributed by atoms with Crippen molar-refractivity contribution in [3.8, 4) is 11.5 Å². The normalized spacial score (nSPS) is 11.2. The van der Waals surface area contributed by atoms with Crippen LogP contribution in [0.1, 0.15) is 5.69 Å². The summed E-state index contributed by atoms with van der Waals surface area (Å²) in [4.78, 5) is 16.2. The Kier molecular flexibility index (Phi) is 6.72. The molecule has 0 atom stereocenters. The van der Waals surface area contributed by atoms with Gasteiger partial charge in [0.2, 0.25) is 10.0 Å². The van der Waals surface area contributed by atoms with Crippen molar-refractivity contribution in [2.24, 2.45) is 5.10 Å². The van der Waals surface area contributed by atoms with E-state index in [9.17, 15) is 13.2 Å². The molecule has 0 aliphatic carbocycles. The zero-order valence-electron chi connectivity index (χ0n) is 15.1. The van der Waals surface area contributed by atoms with Gasteiger partial charge in [0.05, 0.1) is 38.1 Å². The van der Waals surface area contributed by atoms with Crippen molar-refractivity contribution in [3.63, 3.8) is 0 Å². The number of rotatable bonds is 8. The quantitative estimate of drug-likeness (QED) is 0.530. The first-order valence-corrected chi connectivity index (χ1v) is 9.62. The highest BCUT2D eigenvalue weighted by atomic mass is 32.2. The number of amides is 1. The smallest absolute Gasteiger partial charge is 0.260 e. The van der Waals surface area contributed by atoms with E-state index in [-0.39, 0.29) is 11.4 Å². The number of hydrogen-bond acceptors (Lipinski definition) is 7. The van der Waals surface area contributed by atoms with E-state index in [1.807, 2.05) is 0 Å². The van der Waals surface area contributed by atoms with Crippen LogP contribution in [0.15, 0.2) is 47.7 Å². The average molecular weight is 392 g/mol. The number of benzene rings is 1. The molecule has 1 aromatic heterocycles. The van der Waals surface area contributed by atoms with E-state index in [0.717, 1.165) is 10.6 Å². The Morgan fingerprint density at radius 2 is 2.04 bits per heavy atom. The van der Waals surface area contributed by atoms with Crippen LogP contribution >= 0.6 is 0 Å². The summed E-state index contributed by atoms with van der Waals surface area (Å²) < 4.78 is 35.6. The number of hydrogen-bond donors (Lipinski definition) is 1. The summed E-state index contributed by atoms with van der Waals surface area (Å²) in [7, 11) is -0.874. The maximum atomic E-state index is 12.2. The molecule has 10 heteroatoms. The summed E-state index contributed by atoms with van der Waals surface area (Å²) >= 11 is 0. The number of anilines is 1. The van der Waals surface area contributed by atoms with Gasteiger partial charge in [0.1, 0.15) is 18.0 Å². The van der Waals surface area contributed by atoms with Crippen LogP contribution in [0.5, 0.6) is 11.5 Å². The number of nitrogens with one attached hydrogen (secondary N) is 1. The third-order valence-electron chi connectivity index (χ3n) is 3.42. The molecule has 0 saturated carbocycles. The second-order valence-corrected chi connectivity index (χ2v) is 7.26. The molecule has 0 spiro atoms. The molecule has 0 saturated heterocycles. The van der Waals surface area contributed by atoms with Crippen LogP contribution in [0.3, 0.4) is 0 Å². The molecule has 1 heterocycles. The average Bonchev–Trinajstić information content (AvgIpc) is 2.65. The first-order valence-electron chi connectivity index (χ1n) is 7.78. The van der Waals surface area contributed by atoms with Gasteiger partial charge in [-0.2, -0.15) is 5.10 Å². The second-order valence-electron chi connectivity index (χ2n) is 5.36. The van der Waals surface area contributed by atoms with E-state index in [2.05, 4.69) is 15.5 Å². The van der Waals surface area contributed by atoms with Gasteiger partial charge in [0.25, 0.3) is 5.91 Å². The van der Waals surface area contributed by atoms with Crippen LogP contribution in [0.25, 0.3) is 0 Å². The molecule has 144 valence electrons. The van der Waals surface area contributed by atoms with Crippen LogP contribution < -0.4 is 19.2 Å². The van der Waals surface area contributed by atoms with Crippen LogP contribution in [0, 0.1) is 0 Å². The summed E-state index contributed by atoms with van der Waals surface area (Å²) in [5.41, 5.74) is 3.05. The molecule has 0 aliphatic heterocycles. The van der Waals surface area contributed by atoms with Crippen molar-refractivity contribution >= 4 is 27.8 Å². The lowest BCUT2D eigenvalue weighted by Gasteiger charge is -2.23. The molecule has 0 unspecified atom stereocenters. The van der Waals surface area contributed by atoms with E-state index in [1.54, 1.807) is 30.5 Å². The van der Waals surface area contributed by atoms with Gasteiger partial charge in [-0.15, -0.1) is 0 Å². The van der Waals surface area contributed by atoms with Crippen LogP contribution in [-0.4, -0.2) is 52.5 Å². The zero-order valence-corrected chi connectivity index (χ0v) is 15.9. The number of hydrazone groups is 1. The SMILES string of the molecule is COc1ccc(N(CC(=O)N/N=C\c2ccccn2)S(C)(=O)=O)c(OC)c1. The fourth-order valence-electron chi connectivity index (χ4n) is 2.16. The summed E-state index contributed by atoms with van der Waals surface area (Å²) in [6, 6.07) is 9.85. The fraction of sp³-hybridized carbons (Fsp3) is 0.235. The maximum Gasteiger partial charge on any atom is 0.260 e. The van der Waals surface area contributed by atoms with Crippen molar-refractivity contribution in [1.82, 2.24) is 10.4 Å². The van der Waals surface area contributed by atoms with E-state index in [4.69, 9.17) is 9.47 Å². The van der Waals surface area contributed by atoms with Crippen LogP contribution in [0.2, 0.25) is 0 Å². The lowest BCUT2D eigenvalue weighted by molar-refractivity contribution is -0.119. The number of nitrogens with zero attached hydrogens (tertiary/aromatic N) is 3. The highest BCUT2D eigenvalue weighted by molar-refractivity contribution is 7.92. The predicted octanol–water partition coefficient (Wildman–Crippen LogP) is 1.02. The molecule has 0 radical (unpaired) electrons. The third kappa shape index (κ3) is 5.68.